The number of aryl methyl sites for hydroxylation is 1. The van der Waals surface area contributed by atoms with Crippen LogP contribution in [0.5, 0.6) is 5.75 Å². The lowest BCUT2D eigenvalue weighted by atomic mass is 10.0. The minimum absolute atomic E-state index is 0.126. The number of fused-ring (bicyclic) bond motifs is 1. The van der Waals surface area contributed by atoms with Gasteiger partial charge in [0.05, 0.1) is 36.7 Å². The molecule has 1 aromatic heterocycles. The maximum atomic E-state index is 14.3. The fraction of sp³-hybridized carbons (Fsp3) is 0.485. The zero-order valence-corrected chi connectivity index (χ0v) is 28.7. The first-order chi connectivity index (χ1) is 22.8. The van der Waals surface area contributed by atoms with Crippen molar-refractivity contribution in [3.63, 3.8) is 0 Å². The molecule has 262 valence electrons. The number of carbonyl (C=O) groups excluding carboxylic acids is 2. The maximum Gasteiger partial charge on any atom is 0.321 e. The summed E-state index contributed by atoms with van der Waals surface area (Å²) in [5.74, 6) is -0.896. The maximum absolute atomic E-state index is 14.3. The minimum atomic E-state index is -4.05. The molecule has 0 saturated heterocycles. The van der Waals surface area contributed by atoms with Gasteiger partial charge in [0, 0.05) is 57.3 Å². The number of aliphatic hydroxyl groups excluding tert-OH is 1. The fourth-order valence-electron chi connectivity index (χ4n) is 5.29. The summed E-state index contributed by atoms with van der Waals surface area (Å²) in [6.07, 6.45) is 4.17. The SMILES string of the molecule is C[C@@H]1CCCCO[C@@H](CN(C)C(=O)Nc2ccc(F)cc2)[C@H](C)CN([C@H](C)CO)C(=O)c2cc(NS(=O)(=O)c3cn(C)cn3)ccc2O1. The van der Waals surface area contributed by atoms with Gasteiger partial charge in [0.1, 0.15) is 11.6 Å². The topological polar surface area (TPSA) is 155 Å². The van der Waals surface area contributed by atoms with Crippen molar-refractivity contribution in [2.75, 3.05) is 43.4 Å². The molecule has 1 aliphatic rings. The molecule has 13 nitrogen and oxygen atoms in total. The largest absolute Gasteiger partial charge is 0.490 e. The van der Waals surface area contributed by atoms with Gasteiger partial charge in [-0.1, -0.05) is 6.92 Å². The number of hydrogen-bond donors (Lipinski definition) is 3. The summed E-state index contributed by atoms with van der Waals surface area (Å²) in [6.45, 7) is 5.95. The molecule has 1 aliphatic heterocycles. The first-order valence-electron chi connectivity index (χ1n) is 15.9. The molecule has 0 saturated carbocycles. The number of urea groups is 1. The molecule has 0 radical (unpaired) electrons. The van der Waals surface area contributed by atoms with Crippen molar-refractivity contribution in [1.82, 2.24) is 19.4 Å². The van der Waals surface area contributed by atoms with Gasteiger partial charge in [-0.2, -0.15) is 8.42 Å². The summed E-state index contributed by atoms with van der Waals surface area (Å²) in [4.78, 5) is 34.2. The van der Waals surface area contributed by atoms with Gasteiger partial charge in [-0.15, -0.1) is 0 Å². The Morgan fingerprint density at radius 2 is 1.88 bits per heavy atom. The Balaban J connectivity index is 1.62. The molecule has 0 fully saturated rings. The number of aliphatic hydroxyl groups is 1. The van der Waals surface area contributed by atoms with E-state index in [1.54, 1.807) is 27.1 Å². The second kappa shape index (κ2) is 16.3. The molecular weight excluding hydrogens is 643 g/mol. The average Bonchev–Trinajstić information content (AvgIpc) is 3.50. The number of nitrogens with one attached hydrogen (secondary N) is 2. The Morgan fingerprint density at radius 1 is 1.17 bits per heavy atom. The molecule has 0 aliphatic carbocycles. The Labute approximate surface area is 281 Å². The summed E-state index contributed by atoms with van der Waals surface area (Å²) in [5, 5.41) is 12.8. The molecule has 15 heteroatoms. The van der Waals surface area contributed by atoms with Gasteiger partial charge < -0.3 is 34.3 Å². The van der Waals surface area contributed by atoms with Crippen molar-refractivity contribution in [3.8, 4) is 5.75 Å². The lowest BCUT2D eigenvalue weighted by molar-refractivity contribution is -0.0115. The monoisotopic (exact) mass is 688 g/mol. The molecule has 0 unspecified atom stereocenters. The van der Waals surface area contributed by atoms with Crippen LogP contribution in [0.1, 0.15) is 50.4 Å². The van der Waals surface area contributed by atoms with Crippen LogP contribution in [-0.4, -0.2) is 96.4 Å². The van der Waals surface area contributed by atoms with Crippen LogP contribution in [0, 0.1) is 11.7 Å². The molecule has 2 heterocycles. The van der Waals surface area contributed by atoms with E-state index in [4.69, 9.17) is 9.47 Å². The van der Waals surface area contributed by atoms with E-state index in [-0.39, 0.29) is 53.7 Å². The van der Waals surface area contributed by atoms with Crippen LogP contribution in [0.25, 0.3) is 0 Å². The van der Waals surface area contributed by atoms with Crippen molar-refractivity contribution in [2.45, 2.75) is 63.3 Å². The van der Waals surface area contributed by atoms with Gasteiger partial charge in [-0.05, 0) is 75.6 Å². The van der Waals surface area contributed by atoms with Crippen LogP contribution in [0.3, 0.4) is 0 Å². The number of benzene rings is 2. The number of likely N-dealkylation sites (N-methyl/N-ethyl adjacent to an activating group) is 1. The van der Waals surface area contributed by atoms with E-state index in [0.29, 0.717) is 18.7 Å². The summed E-state index contributed by atoms with van der Waals surface area (Å²) in [5.41, 5.74) is 0.712. The van der Waals surface area contributed by atoms with Crippen LogP contribution in [-0.2, 0) is 21.8 Å². The predicted molar refractivity (Wildman–Crippen MR) is 179 cm³/mol. The Kier molecular flexibility index (Phi) is 12.4. The van der Waals surface area contributed by atoms with Crippen molar-refractivity contribution >= 4 is 33.3 Å². The van der Waals surface area contributed by atoms with E-state index in [0.717, 1.165) is 12.8 Å². The molecule has 2 aromatic carbocycles. The molecule has 3 N–H and O–H groups in total. The van der Waals surface area contributed by atoms with Gasteiger partial charge in [0.15, 0.2) is 5.03 Å². The number of sulfonamides is 1. The van der Waals surface area contributed by atoms with E-state index in [9.17, 15) is 27.5 Å². The van der Waals surface area contributed by atoms with Crippen molar-refractivity contribution < 1.29 is 37.0 Å². The fourth-order valence-corrected chi connectivity index (χ4v) is 6.32. The highest BCUT2D eigenvalue weighted by molar-refractivity contribution is 7.92. The molecule has 3 amide bonds. The Morgan fingerprint density at radius 3 is 2.54 bits per heavy atom. The number of rotatable bonds is 8. The smallest absolute Gasteiger partial charge is 0.321 e. The van der Waals surface area contributed by atoms with Gasteiger partial charge >= 0.3 is 6.03 Å². The Hall–Kier alpha value is -4.21. The molecule has 4 rings (SSSR count). The number of carbonyl (C=O) groups is 2. The number of ether oxygens (including phenoxy) is 2. The molecule has 3 aromatic rings. The van der Waals surface area contributed by atoms with E-state index >= 15 is 0 Å². The molecule has 0 spiro atoms. The van der Waals surface area contributed by atoms with Crippen molar-refractivity contribution in [1.29, 1.82) is 0 Å². The zero-order valence-electron chi connectivity index (χ0n) is 27.9. The van der Waals surface area contributed by atoms with Gasteiger partial charge in [-0.25, -0.2) is 14.2 Å². The average molecular weight is 689 g/mol. The number of nitrogens with zero attached hydrogens (tertiary/aromatic N) is 4. The highest BCUT2D eigenvalue weighted by Gasteiger charge is 2.31. The summed E-state index contributed by atoms with van der Waals surface area (Å²) < 4.78 is 56.0. The minimum Gasteiger partial charge on any atom is -0.490 e. The lowest BCUT2D eigenvalue weighted by Gasteiger charge is -2.35. The second-order valence-corrected chi connectivity index (χ2v) is 13.9. The van der Waals surface area contributed by atoms with E-state index in [1.165, 1.54) is 63.3 Å². The zero-order chi connectivity index (χ0) is 35.0. The number of anilines is 2. The highest BCUT2D eigenvalue weighted by atomic mass is 32.2. The van der Waals surface area contributed by atoms with Crippen LogP contribution < -0.4 is 14.8 Å². The van der Waals surface area contributed by atoms with Crippen LogP contribution >= 0.6 is 0 Å². The molecule has 4 atom stereocenters. The van der Waals surface area contributed by atoms with Gasteiger partial charge in [-0.3, -0.25) is 9.52 Å². The number of imidazole rings is 1. The normalized spacial score (nSPS) is 20.2. The third-order valence-electron chi connectivity index (χ3n) is 8.16. The molecule has 0 bridgehead atoms. The second-order valence-electron chi connectivity index (χ2n) is 12.3. The number of hydrogen-bond acceptors (Lipinski definition) is 8. The van der Waals surface area contributed by atoms with E-state index in [2.05, 4.69) is 15.0 Å². The summed E-state index contributed by atoms with van der Waals surface area (Å²) in [6, 6.07) is 8.96. The standard InChI is InChI=1S/C33H45FN6O7S/c1-22-17-40(23(2)20-41)32(42)28-16-27(37-48(44,45)31-19-38(4)21-35-31)13-14-29(28)47-24(3)8-6-7-15-46-30(22)18-39(5)33(43)36-26-11-9-25(34)10-12-26/h9-14,16,19,21-24,30,37,41H,6-8,15,17-18,20H2,1-5H3,(H,36,43)/t22-,23-,24-,30+/m1/s1. The predicted octanol–water partition coefficient (Wildman–Crippen LogP) is 4.32. The van der Waals surface area contributed by atoms with E-state index in [1.807, 2.05) is 13.8 Å². The third kappa shape index (κ3) is 9.67. The first kappa shape index (κ1) is 36.6. The van der Waals surface area contributed by atoms with Crippen LogP contribution in [0.4, 0.5) is 20.6 Å². The summed E-state index contributed by atoms with van der Waals surface area (Å²) >= 11 is 0. The van der Waals surface area contributed by atoms with Crippen molar-refractivity contribution in [2.24, 2.45) is 13.0 Å². The highest BCUT2D eigenvalue weighted by Crippen LogP contribution is 2.29. The Bertz CT molecular complexity index is 1650. The first-order valence-corrected chi connectivity index (χ1v) is 17.4. The van der Waals surface area contributed by atoms with Gasteiger partial charge in [0.2, 0.25) is 0 Å². The number of aromatic nitrogens is 2. The summed E-state index contributed by atoms with van der Waals surface area (Å²) in [7, 11) is -0.762. The molecular formula is C33H45FN6O7S. The molecule has 48 heavy (non-hydrogen) atoms. The number of halogens is 1. The third-order valence-corrected chi connectivity index (χ3v) is 9.42. The number of amides is 3. The van der Waals surface area contributed by atoms with Crippen LogP contribution in [0.2, 0.25) is 0 Å². The lowest BCUT2D eigenvalue weighted by Crippen LogP contribution is -2.48. The van der Waals surface area contributed by atoms with Gasteiger partial charge in [0.25, 0.3) is 15.9 Å². The quantitative estimate of drug-likeness (QED) is 0.316. The van der Waals surface area contributed by atoms with Crippen LogP contribution in [0.15, 0.2) is 60.0 Å². The van der Waals surface area contributed by atoms with E-state index < -0.39 is 39.9 Å². The van der Waals surface area contributed by atoms with Crippen molar-refractivity contribution in [3.05, 3.63) is 66.4 Å².